The molecule has 0 amide bonds. The largest absolute Gasteiger partial charge is 0.467 e. The number of thioether (sulfide) groups is 1. The summed E-state index contributed by atoms with van der Waals surface area (Å²) in [5.74, 6) is 1.95. The van der Waals surface area contributed by atoms with Crippen molar-refractivity contribution in [1.82, 2.24) is 24.3 Å². The molecule has 0 atom stereocenters. The minimum absolute atomic E-state index is 0.0692. The smallest absolute Gasteiger partial charge is 0.191 e. The van der Waals surface area contributed by atoms with Crippen molar-refractivity contribution in [2.24, 2.45) is 7.05 Å². The summed E-state index contributed by atoms with van der Waals surface area (Å²) in [5, 5.41) is 9.17. The maximum Gasteiger partial charge on any atom is 0.191 e. The Morgan fingerprint density at radius 2 is 2.07 bits per heavy atom. The Morgan fingerprint density at radius 3 is 2.79 bits per heavy atom. The van der Waals surface area contributed by atoms with Gasteiger partial charge in [0.05, 0.1) is 18.6 Å². The molecule has 0 fully saturated rings. The molecule has 0 bridgehead atoms. The average molecular weight is 407 g/mol. The van der Waals surface area contributed by atoms with Gasteiger partial charge in [0.25, 0.3) is 0 Å². The van der Waals surface area contributed by atoms with Gasteiger partial charge in [0.15, 0.2) is 16.8 Å². The molecule has 0 N–H and O–H groups in total. The van der Waals surface area contributed by atoms with Crippen LogP contribution in [0.3, 0.4) is 0 Å². The van der Waals surface area contributed by atoms with Crippen LogP contribution in [-0.2, 0) is 13.6 Å². The molecule has 0 spiro atoms. The predicted octanol–water partition coefficient (Wildman–Crippen LogP) is 3.91. The summed E-state index contributed by atoms with van der Waals surface area (Å²) in [4.78, 5) is 17.0. The van der Waals surface area contributed by atoms with Crippen LogP contribution in [0.15, 0.2) is 58.6 Å². The lowest BCUT2D eigenvalue weighted by atomic mass is 10.2. The Hall–Kier alpha value is -3.13. The van der Waals surface area contributed by atoms with E-state index in [4.69, 9.17) is 4.42 Å². The van der Waals surface area contributed by atoms with E-state index in [1.54, 1.807) is 18.7 Å². The highest BCUT2D eigenvalue weighted by Crippen LogP contribution is 2.24. The van der Waals surface area contributed by atoms with E-state index in [1.165, 1.54) is 11.8 Å². The number of carbonyl (C=O) groups excluding carboxylic acids is 1. The summed E-state index contributed by atoms with van der Waals surface area (Å²) in [6, 6.07) is 9.54. The van der Waals surface area contributed by atoms with E-state index in [0.29, 0.717) is 17.5 Å². The third-order valence-corrected chi connectivity index (χ3v) is 5.88. The molecule has 0 saturated carbocycles. The minimum Gasteiger partial charge on any atom is -0.467 e. The van der Waals surface area contributed by atoms with Gasteiger partial charge < -0.3 is 13.6 Å². The van der Waals surface area contributed by atoms with Crippen molar-refractivity contribution in [3.63, 3.8) is 0 Å². The Kier molecular flexibility index (Phi) is 5.35. The molecular weight excluding hydrogens is 386 g/mol. The van der Waals surface area contributed by atoms with Crippen LogP contribution in [0, 0.1) is 13.8 Å². The number of hydrogen-bond donors (Lipinski definition) is 0. The van der Waals surface area contributed by atoms with E-state index in [1.807, 2.05) is 55.8 Å². The van der Waals surface area contributed by atoms with Crippen molar-refractivity contribution in [2.45, 2.75) is 25.5 Å². The zero-order valence-electron chi connectivity index (χ0n) is 16.5. The molecule has 0 aliphatic heterocycles. The Labute approximate surface area is 172 Å². The fourth-order valence-electron chi connectivity index (χ4n) is 3.28. The Morgan fingerprint density at radius 1 is 1.21 bits per heavy atom. The minimum atomic E-state index is 0.0692. The zero-order chi connectivity index (χ0) is 20.4. The van der Waals surface area contributed by atoms with E-state index in [9.17, 15) is 4.79 Å². The predicted molar refractivity (Wildman–Crippen MR) is 111 cm³/mol. The molecule has 4 aromatic heterocycles. The number of aryl methyl sites for hydroxylation is 1. The van der Waals surface area contributed by atoms with Crippen molar-refractivity contribution in [1.29, 1.82) is 0 Å². The maximum absolute atomic E-state index is 12.9. The molecule has 0 aliphatic rings. The first-order valence-electron chi connectivity index (χ1n) is 9.19. The van der Waals surface area contributed by atoms with Crippen molar-refractivity contribution >= 4 is 17.5 Å². The lowest BCUT2D eigenvalue weighted by Gasteiger charge is -2.08. The molecule has 0 aliphatic carbocycles. The molecule has 29 heavy (non-hydrogen) atoms. The molecular formula is C21H21N5O2S. The number of Topliss-reactive ketones (excluding diaryl/α,β-unsaturated/α-hetero) is 1. The van der Waals surface area contributed by atoms with Gasteiger partial charge in [-0.15, -0.1) is 10.2 Å². The number of aromatic nitrogens is 5. The van der Waals surface area contributed by atoms with Crippen LogP contribution < -0.4 is 0 Å². The van der Waals surface area contributed by atoms with Crippen LogP contribution in [0.25, 0.3) is 11.4 Å². The van der Waals surface area contributed by atoms with Crippen molar-refractivity contribution in [3.05, 3.63) is 71.7 Å². The number of rotatable bonds is 7. The number of carbonyl (C=O) groups is 1. The van der Waals surface area contributed by atoms with Crippen LogP contribution in [0.1, 0.15) is 27.5 Å². The number of ketones is 1. The molecule has 0 saturated heterocycles. The normalized spacial score (nSPS) is 11.1. The first kappa shape index (κ1) is 19.2. The van der Waals surface area contributed by atoms with E-state index >= 15 is 0 Å². The Bertz CT molecular complexity index is 1130. The van der Waals surface area contributed by atoms with Crippen molar-refractivity contribution < 1.29 is 9.21 Å². The number of nitrogens with zero attached hydrogens (tertiary/aromatic N) is 5. The van der Waals surface area contributed by atoms with Crippen LogP contribution >= 0.6 is 11.8 Å². The van der Waals surface area contributed by atoms with Gasteiger partial charge in [-0.05, 0) is 44.2 Å². The van der Waals surface area contributed by atoms with Crippen LogP contribution in [0.4, 0.5) is 0 Å². The zero-order valence-corrected chi connectivity index (χ0v) is 17.3. The topological polar surface area (TPSA) is 78.7 Å². The molecule has 7 nitrogen and oxygen atoms in total. The third kappa shape index (κ3) is 3.88. The molecule has 0 aromatic carbocycles. The van der Waals surface area contributed by atoms with Crippen LogP contribution in [0.5, 0.6) is 0 Å². The third-order valence-electron chi connectivity index (χ3n) is 4.86. The number of hydrogen-bond acceptors (Lipinski definition) is 6. The lowest BCUT2D eigenvalue weighted by molar-refractivity contribution is 0.102. The second-order valence-corrected chi connectivity index (χ2v) is 7.71. The van der Waals surface area contributed by atoms with E-state index in [-0.39, 0.29) is 5.78 Å². The second kappa shape index (κ2) is 8.08. The molecule has 4 heterocycles. The van der Waals surface area contributed by atoms with Crippen molar-refractivity contribution in [2.75, 3.05) is 5.75 Å². The summed E-state index contributed by atoms with van der Waals surface area (Å²) < 4.78 is 9.42. The summed E-state index contributed by atoms with van der Waals surface area (Å²) in [7, 11) is 1.89. The van der Waals surface area contributed by atoms with Crippen molar-refractivity contribution in [3.8, 4) is 11.4 Å². The molecule has 148 valence electrons. The first-order valence-corrected chi connectivity index (χ1v) is 10.2. The van der Waals surface area contributed by atoms with Gasteiger partial charge in [-0.25, -0.2) is 0 Å². The second-order valence-electron chi connectivity index (χ2n) is 6.77. The van der Waals surface area contributed by atoms with Gasteiger partial charge in [0.1, 0.15) is 5.76 Å². The lowest BCUT2D eigenvalue weighted by Crippen LogP contribution is -2.08. The fourth-order valence-corrected chi connectivity index (χ4v) is 4.07. The highest BCUT2D eigenvalue weighted by atomic mass is 32.2. The summed E-state index contributed by atoms with van der Waals surface area (Å²) >= 11 is 1.39. The van der Waals surface area contributed by atoms with Crippen LogP contribution in [0.2, 0.25) is 0 Å². The standard InChI is InChI=1S/C21H21N5O2S/c1-14-10-18(15(2)26(14)12-17-7-5-9-28-17)19(27)13-29-21-24-23-20(25(21)3)16-6-4-8-22-11-16/h4-11H,12-13H2,1-3H3. The number of pyridine rings is 1. The molecule has 4 aromatic rings. The summed E-state index contributed by atoms with van der Waals surface area (Å²) in [6.07, 6.45) is 5.13. The molecule has 0 unspecified atom stereocenters. The summed E-state index contributed by atoms with van der Waals surface area (Å²) in [6.45, 7) is 4.59. The van der Waals surface area contributed by atoms with E-state index in [2.05, 4.69) is 19.7 Å². The van der Waals surface area contributed by atoms with Gasteiger partial charge in [-0.1, -0.05) is 11.8 Å². The fraction of sp³-hybridized carbons (Fsp3) is 0.238. The van der Waals surface area contributed by atoms with E-state index in [0.717, 1.165) is 34.1 Å². The van der Waals surface area contributed by atoms with Crippen LogP contribution in [-0.4, -0.2) is 35.9 Å². The summed E-state index contributed by atoms with van der Waals surface area (Å²) in [5.41, 5.74) is 3.60. The van der Waals surface area contributed by atoms with E-state index < -0.39 is 0 Å². The highest BCUT2D eigenvalue weighted by molar-refractivity contribution is 7.99. The molecule has 8 heteroatoms. The maximum atomic E-state index is 12.9. The molecule has 0 radical (unpaired) electrons. The average Bonchev–Trinajstić information content (AvgIpc) is 3.44. The quantitative estimate of drug-likeness (QED) is 0.341. The molecule has 4 rings (SSSR count). The van der Waals surface area contributed by atoms with Gasteiger partial charge in [0, 0.05) is 42.0 Å². The van der Waals surface area contributed by atoms with Gasteiger partial charge in [-0.3, -0.25) is 9.78 Å². The van der Waals surface area contributed by atoms with Gasteiger partial charge in [0.2, 0.25) is 0 Å². The monoisotopic (exact) mass is 407 g/mol. The SMILES string of the molecule is Cc1cc(C(=O)CSc2nnc(-c3cccnc3)n2C)c(C)n1Cc1ccco1. The Balaban J connectivity index is 1.48. The van der Waals surface area contributed by atoms with Gasteiger partial charge >= 0.3 is 0 Å². The first-order chi connectivity index (χ1) is 14.0. The number of furan rings is 1. The highest BCUT2D eigenvalue weighted by Gasteiger charge is 2.18. The van der Waals surface area contributed by atoms with Gasteiger partial charge in [-0.2, -0.15) is 0 Å².